The van der Waals surface area contributed by atoms with Crippen LogP contribution < -0.4 is 14.8 Å². The highest BCUT2D eigenvalue weighted by atomic mass is 32.2. The summed E-state index contributed by atoms with van der Waals surface area (Å²) < 4.78 is 42.5. The molecule has 1 aromatic carbocycles. The van der Waals surface area contributed by atoms with Crippen molar-refractivity contribution in [1.82, 2.24) is 9.62 Å². The molecular weight excluding hydrogens is 444 g/mol. The van der Waals surface area contributed by atoms with Gasteiger partial charge in [-0.1, -0.05) is 12.1 Å². The molecule has 0 saturated carbocycles. The summed E-state index contributed by atoms with van der Waals surface area (Å²) >= 11 is 1.17. The monoisotopic (exact) mass is 466 g/mol. The summed E-state index contributed by atoms with van der Waals surface area (Å²) in [6, 6.07) is 8.64. The van der Waals surface area contributed by atoms with E-state index in [2.05, 4.69) is 5.32 Å². The predicted octanol–water partition coefficient (Wildman–Crippen LogP) is 1.74. The van der Waals surface area contributed by atoms with Crippen molar-refractivity contribution in [1.29, 1.82) is 0 Å². The van der Waals surface area contributed by atoms with Gasteiger partial charge in [-0.3, -0.25) is 9.59 Å². The van der Waals surface area contributed by atoms with E-state index in [1.54, 1.807) is 29.6 Å². The number of ether oxygens (including phenoxy) is 3. The van der Waals surface area contributed by atoms with Crippen molar-refractivity contribution in [2.75, 3.05) is 26.5 Å². The first-order valence-electron chi connectivity index (χ1n) is 9.79. The number of esters is 1. The summed E-state index contributed by atoms with van der Waals surface area (Å²) in [6.07, 6.45) is 0.727. The summed E-state index contributed by atoms with van der Waals surface area (Å²) in [5, 5.41) is 4.41. The molecule has 1 N–H and O–H groups in total. The summed E-state index contributed by atoms with van der Waals surface area (Å²) in [5.74, 6) is -0.0181. The van der Waals surface area contributed by atoms with E-state index in [4.69, 9.17) is 14.2 Å². The number of nitrogens with one attached hydrogen (secondary N) is 1. The molecule has 31 heavy (non-hydrogen) atoms. The lowest BCUT2D eigenvalue weighted by molar-refractivity contribution is -0.153. The number of amides is 1. The van der Waals surface area contributed by atoms with Gasteiger partial charge >= 0.3 is 5.97 Å². The molecule has 0 aliphatic carbocycles. The molecule has 2 aromatic rings. The van der Waals surface area contributed by atoms with Gasteiger partial charge in [0.25, 0.3) is 15.9 Å². The zero-order valence-electron chi connectivity index (χ0n) is 16.6. The fourth-order valence-corrected chi connectivity index (χ4v) is 6.04. The molecule has 0 spiro atoms. The minimum Gasteiger partial charge on any atom is -0.455 e. The smallest absolute Gasteiger partial charge is 0.309 e. The van der Waals surface area contributed by atoms with Gasteiger partial charge in [-0.2, -0.15) is 4.31 Å². The minimum absolute atomic E-state index is 0.181. The van der Waals surface area contributed by atoms with Crippen molar-refractivity contribution in [2.24, 2.45) is 5.92 Å². The first-order chi connectivity index (χ1) is 14.9. The Labute approximate surface area is 184 Å². The topological polar surface area (TPSA) is 111 Å². The molecule has 3 heterocycles. The summed E-state index contributed by atoms with van der Waals surface area (Å²) in [4.78, 5) is 24.3. The Balaban J connectivity index is 1.19. The Morgan fingerprint density at radius 1 is 1.16 bits per heavy atom. The largest absolute Gasteiger partial charge is 0.455 e. The van der Waals surface area contributed by atoms with Crippen LogP contribution >= 0.6 is 11.3 Å². The van der Waals surface area contributed by atoms with Crippen LogP contribution in [0.2, 0.25) is 0 Å². The number of thiophene rings is 1. The molecule has 0 unspecified atom stereocenters. The normalized spacial score (nSPS) is 16.8. The number of carbonyl (C=O) groups excluding carboxylic acids is 2. The van der Waals surface area contributed by atoms with Gasteiger partial charge in [0.05, 0.1) is 5.92 Å². The van der Waals surface area contributed by atoms with Crippen molar-refractivity contribution < 1.29 is 32.2 Å². The van der Waals surface area contributed by atoms with Gasteiger partial charge < -0.3 is 19.5 Å². The van der Waals surface area contributed by atoms with Gasteiger partial charge in [0.15, 0.2) is 18.1 Å². The Kier molecular flexibility index (Phi) is 6.44. The lowest BCUT2D eigenvalue weighted by Gasteiger charge is -2.29. The molecule has 2 aliphatic rings. The average molecular weight is 467 g/mol. The van der Waals surface area contributed by atoms with Crippen LogP contribution in [0.15, 0.2) is 39.9 Å². The molecule has 1 aromatic heterocycles. The first kappa shape index (κ1) is 21.6. The number of hydrogen-bond acceptors (Lipinski definition) is 8. The van der Waals surface area contributed by atoms with E-state index in [1.165, 1.54) is 15.6 Å². The average Bonchev–Trinajstić information content (AvgIpc) is 3.48. The highest BCUT2D eigenvalue weighted by Crippen LogP contribution is 2.32. The number of piperidine rings is 1. The molecule has 0 radical (unpaired) electrons. The lowest BCUT2D eigenvalue weighted by Crippen LogP contribution is -2.40. The molecule has 9 nitrogen and oxygen atoms in total. The number of hydrogen-bond donors (Lipinski definition) is 1. The van der Waals surface area contributed by atoms with E-state index in [-0.39, 0.29) is 33.0 Å². The van der Waals surface area contributed by atoms with Crippen molar-refractivity contribution in [2.45, 2.75) is 23.6 Å². The molecule has 166 valence electrons. The van der Waals surface area contributed by atoms with Crippen molar-refractivity contribution in [3.05, 3.63) is 41.3 Å². The van der Waals surface area contributed by atoms with Crippen LogP contribution in [0.25, 0.3) is 0 Å². The van der Waals surface area contributed by atoms with Crippen molar-refractivity contribution in [3.8, 4) is 11.5 Å². The number of rotatable bonds is 7. The summed E-state index contributed by atoms with van der Waals surface area (Å²) in [6.45, 7) is 0.565. The highest BCUT2D eigenvalue weighted by molar-refractivity contribution is 7.91. The van der Waals surface area contributed by atoms with Gasteiger partial charge in [0, 0.05) is 19.6 Å². The van der Waals surface area contributed by atoms with E-state index in [0.717, 1.165) is 5.56 Å². The lowest BCUT2D eigenvalue weighted by atomic mass is 9.98. The fourth-order valence-electron chi connectivity index (χ4n) is 3.43. The van der Waals surface area contributed by atoms with E-state index in [0.29, 0.717) is 28.5 Å². The van der Waals surface area contributed by atoms with Crippen LogP contribution in [0, 0.1) is 5.92 Å². The molecule has 2 aliphatic heterocycles. The fraction of sp³-hybridized carbons (Fsp3) is 0.400. The second-order valence-corrected chi connectivity index (χ2v) is 10.3. The van der Waals surface area contributed by atoms with E-state index >= 15 is 0 Å². The highest BCUT2D eigenvalue weighted by Gasteiger charge is 2.33. The van der Waals surface area contributed by atoms with Gasteiger partial charge in [0.2, 0.25) is 6.79 Å². The van der Waals surface area contributed by atoms with E-state index in [9.17, 15) is 18.0 Å². The van der Waals surface area contributed by atoms with Gasteiger partial charge in [-0.05, 0) is 42.0 Å². The molecule has 0 atom stereocenters. The van der Waals surface area contributed by atoms with E-state index < -0.39 is 27.8 Å². The van der Waals surface area contributed by atoms with Crippen LogP contribution in [-0.4, -0.2) is 51.1 Å². The molecule has 1 amide bonds. The molecule has 11 heteroatoms. The molecule has 1 saturated heterocycles. The summed E-state index contributed by atoms with van der Waals surface area (Å²) in [5.41, 5.74) is 0.836. The van der Waals surface area contributed by atoms with Crippen LogP contribution in [-0.2, 0) is 30.9 Å². The number of nitrogens with zero attached hydrogens (tertiary/aromatic N) is 1. The SMILES string of the molecule is O=C(COC(=O)C1CCN(S(=O)(=O)c2cccs2)CC1)NCc1ccc2c(c1)OCO2. The van der Waals surface area contributed by atoms with Gasteiger partial charge in [0.1, 0.15) is 4.21 Å². The second kappa shape index (κ2) is 9.25. The quantitative estimate of drug-likeness (QED) is 0.619. The first-order valence-corrected chi connectivity index (χ1v) is 12.1. The third-order valence-corrected chi connectivity index (χ3v) is 8.42. The zero-order valence-corrected chi connectivity index (χ0v) is 18.2. The molecule has 1 fully saturated rings. The van der Waals surface area contributed by atoms with Crippen LogP contribution in [0.4, 0.5) is 0 Å². The summed E-state index contributed by atoms with van der Waals surface area (Å²) in [7, 11) is -3.51. The maximum absolute atomic E-state index is 12.5. The molecule has 0 bridgehead atoms. The number of sulfonamides is 1. The standard InChI is InChI=1S/C20H22N2O7S2/c23-18(21-11-14-3-4-16-17(10-14)29-13-28-16)12-27-20(24)15-5-7-22(8-6-15)31(25,26)19-2-1-9-30-19/h1-4,9-10,15H,5-8,11-13H2,(H,21,23). The maximum atomic E-state index is 12.5. The minimum atomic E-state index is -3.51. The maximum Gasteiger partial charge on any atom is 0.309 e. The van der Waals surface area contributed by atoms with Crippen molar-refractivity contribution in [3.63, 3.8) is 0 Å². The Morgan fingerprint density at radius 2 is 1.94 bits per heavy atom. The van der Waals surface area contributed by atoms with Crippen LogP contribution in [0.5, 0.6) is 11.5 Å². The Hall–Kier alpha value is -2.63. The second-order valence-electron chi connectivity index (χ2n) is 7.18. The van der Waals surface area contributed by atoms with Crippen LogP contribution in [0.3, 0.4) is 0 Å². The van der Waals surface area contributed by atoms with Crippen LogP contribution in [0.1, 0.15) is 18.4 Å². The number of carbonyl (C=O) groups is 2. The van der Waals surface area contributed by atoms with Gasteiger partial charge in [-0.25, -0.2) is 8.42 Å². The Bertz CT molecular complexity index is 1050. The zero-order chi connectivity index (χ0) is 21.8. The van der Waals surface area contributed by atoms with Crippen molar-refractivity contribution >= 4 is 33.2 Å². The third-order valence-electron chi connectivity index (χ3n) is 5.15. The molecular formula is C20H22N2O7S2. The van der Waals surface area contributed by atoms with E-state index in [1.807, 2.05) is 6.07 Å². The predicted molar refractivity (Wildman–Crippen MR) is 111 cm³/mol. The number of benzene rings is 1. The number of fused-ring (bicyclic) bond motifs is 1. The Morgan fingerprint density at radius 3 is 2.68 bits per heavy atom. The third kappa shape index (κ3) is 5.00. The van der Waals surface area contributed by atoms with Gasteiger partial charge in [-0.15, -0.1) is 11.3 Å². The molecule has 4 rings (SSSR count).